The van der Waals surface area contributed by atoms with Crippen LogP contribution in [0, 0.1) is 6.92 Å². The van der Waals surface area contributed by atoms with Gasteiger partial charge in [0, 0.05) is 18.4 Å². The quantitative estimate of drug-likeness (QED) is 0.762. The van der Waals surface area contributed by atoms with Crippen LogP contribution < -0.4 is 10.1 Å². The summed E-state index contributed by atoms with van der Waals surface area (Å²) < 4.78 is 5.73. The van der Waals surface area contributed by atoms with E-state index in [1.54, 1.807) is 6.20 Å². The van der Waals surface area contributed by atoms with E-state index in [1.165, 1.54) is 5.56 Å². The van der Waals surface area contributed by atoms with Crippen LogP contribution in [0.15, 0.2) is 24.5 Å². The van der Waals surface area contributed by atoms with Crippen LogP contribution in [-0.4, -0.2) is 27.8 Å². The Labute approximate surface area is 119 Å². The summed E-state index contributed by atoms with van der Waals surface area (Å²) in [6.45, 7) is 6.93. The molecule has 0 aliphatic heterocycles. The lowest BCUT2D eigenvalue weighted by Gasteiger charge is -2.14. The number of nitrogens with one attached hydrogen (secondary N) is 2. The van der Waals surface area contributed by atoms with E-state index in [4.69, 9.17) is 4.74 Å². The Bertz CT molecular complexity index is 536. The maximum absolute atomic E-state index is 5.73. The van der Waals surface area contributed by atoms with Crippen molar-refractivity contribution in [2.24, 2.45) is 0 Å². The van der Waals surface area contributed by atoms with Gasteiger partial charge in [0.05, 0.1) is 12.3 Å². The first-order valence-corrected chi connectivity index (χ1v) is 7.01. The fraction of sp³-hybridized carbons (Fsp3) is 0.467. The van der Waals surface area contributed by atoms with Crippen LogP contribution in [0.4, 0.5) is 5.82 Å². The first kappa shape index (κ1) is 14.4. The number of nitrogens with zero attached hydrogens (tertiary/aromatic N) is 2. The monoisotopic (exact) mass is 274 g/mol. The molecular formula is C15H22N4O. The van der Waals surface area contributed by atoms with Crippen LogP contribution in [0.2, 0.25) is 0 Å². The lowest BCUT2D eigenvalue weighted by molar-refractivity contribution is 0.243. The third-order valence-electron chi connectivity index (χ3n) is 2.98. The zero-order valence-electron chi connectivity index (χ0n) is 12.3. The van der Waals surface area contributed by atoms with E-state index in [9.17, 15) is 0 Å². The molecule has 0 aromatic carbocycles. The predicted octanol–water partition coefficient (Wildman–Crippen LogP) is 2.95. The first-order chi connectivity index (χ1) is 9.66. The molecule has 20 heavy (non-hydrogen) atoms. The van der Waals surface area contributed by atoms with Gasteiger partial charge in [-0.2, -0.15) is 5.10 Å². The lowest BCUT2D eigenvalue weighted by Crippen LogP contribution is -2.10. The van der Waals surface area contributed by atoms with Crippen molar-refractivity contribution in [1.82, 2.24) is 15.2 Å². The van der Waals surface area contributed by atoms with Gasteiger partial charge in [-0.05, 0) is 51.3 Å². The molecule has 0 saturated carbocycles. The second-order valence-corrected chi connectivity index (χ2v) is 5.07. The van der Waals surface area contributed by atoms with Crippen molar-refractivity contribution in [3.8, 4) is 5.75 Å². The highest BCUT2D eigenvalue weighted by Gasteiger charge is 2.06. The van der Waals surface area contributed by atoms with Gasteiger partial charge in [0.15, 0.2) is 11.6 Å². The van der Waals surface area contributed by atoms with Gasteiger partial charge in [0.25, 0.3) is 0 Å². The van der Waals surface area contributed by atoms with Crippen molar-refractivity contribution in [2.45, 2.75) is 39.7 Å². The summed E-state index contributed by atoms with van der Waals surface area (Å²) in [4.78, 5) is 4.33. The van der Waals surface area contributed by atoms with E-state index >= 15 is 0 Å². The second-order valence-electron chi connectivity index (χ2n) is 5.07. The predicted molar refractivity (Wildman–Crippen MR) is 80.1 cm³/mol. The third kappa shape index (κ3) is 3.98. The summed E-state index contributed by atoms with van der Waals surface area (Å²) in [5, 5.41) is 10.3. The van der Waals surface area contributed by atoms with E-state index in [2.05, 4.69) is 20.5 Å². The van der Waals surface area contributed by atoms with E-state index in [0.717, 1.165) is 36.6 Å². The molecule has 2 rings (SSSR count). The topological polar surface area (TPSA) is 62.8 Å². The molecule has 0 saturated heterocycles. The molecular weight excluding hydrogens is 252 g/mol. The fourth-order valence-electron chi connectivity index (χ4n) is 1.99. The summed E-state index contributed by atoms with van der Waals surface area (Å²) in [5.41, 5.74) is 2.41. The zero-order chi connectivity index (χ0) is 14.4. The number of aromatic nitrogens is 3. The average molecular weight is 274 g/mol. The Hall–Kier alpha value is -2.04. The van der Waals surface area contributed by atoms with Gasteiger partial charge in [-0.25, -0.2) is 4.98 Å². The molecule has 2 aromatic heterocycles. The fourth-order valence-corrected chi connectivity index (χ4v) is 1.99. The van der Waals surface area contributed by atoms with E-state index in [1.807, 2.05) is 39.1 Å². The van der Waals surface area contributed by atoms with Crippen molar-refractivity contribution in [3.05, 3.63) is 35.8 Å². The number of hydrogen-bond donors (Lipinski definition) is 2. The summed E-state index contributed by atoms with van der Waals surface area (Å²) in [6, 6.07) is 3.83. The smallest absolute Gasteiger partial charge is 0.168 e. The van der Waals surface area contributed by atoms with Crippen LogP contribution in [0.25, 0.3) is 0 Å². The van der Waals surface area contributed by atoms with E-state index in [0.29, 0.717) is 0 Å². The summed E-state index contributed by atoms with van der Waals surface area (Å²) in [6.07, 6.45) is 5.84. The summed E-state index contributed by atoms with van der Waals surface area (Å²) >= 11 is 0. The minimum Gasteiger partial charge on any atom is -0.487 e. The van der Waals surface area contributed by atoms with Crippen molar-refractivity contribution < 1.29 is 4.74 Å². The highest BCUT2D eigenvalue weighted by Crippen LogP contribution is 2.22. The van der Waals surface area contributed by atoms with Crippen LogP contribution in [-0.2, 0) is 6.42 Å². The highest BCUT2D eigenvalue weighted by atomic mass is 16.5. The molecule has 0 aliphatic carbocycles. The van der Waals surface area contributed by atoms with Crippen molar-refractivity contribution >= 4 is 5.82 Å². The van der Waals surface area contributed by atoms with Gasteiger partial charge in [-0.1, -0.05) is 0 Å². The largest absolute Gasteiger partial charge is 0.487 e. The van der Waals surface area contributed by atoms with Crippen molar-refractivity contribution in [3.63, 3.8) is 0 Å². The molecule has 0 radical (unpaired) electrons. The number of hydrogen-bond acceptors (Lipinski definition) is 4. The summed E-state index contributed by atoms with van der Waals surface area (Å²) in [7, 11) is 0. The molecule has 0 unspecified atom stereocenters. The number of anilines is 1. The SMILES string of the molecule is Cc1[nH]ncc1CCCNc1ncccc1OC(C)C. The Morgan fingerprint density at radius 1 is 1.40 bits per heavy atom. The minimum atomic E-state index is 0.147. The van der Waals surface area contributed by atoms with E-state index in [-0.39, 0.29) is 6.10 Å². The van der Waals surface area contributed by atoms with Crippen molar-refractivity contribution in [1.29, 1.82) is 0 Å². The molecule has 0 spiro atoms. The molecule has 0 aliphatic rings. The number of rotatable bonds is 7. The maximum Gasteiger partial charge on any atom is 0.168 e. The Balaban J connectivity index is 1.83. The van der Waals surface area contributed by atoms with Gasteiger partial charge in [-0.3, -0.25) is 5.10 Å². The van der Waals surface area contributed by atoms with Gasteiger partial charge in [-0.15, -0.1) is 0 Å². The van der Waals surface area contributed by atoms with Crippen LogP contribution in [0.3, 0.4) is 0 Å². The van der Waals surface area contributed by atoms with Crippen LogP contribution in [0.5, 0.6) is 5.75 Å². The van der Waals surface area contributed by atoms with Gasteiger partial charge >= 0.3 is 0 Å². The number of ether oxygens (including phenoxy) is 1. The van der Waals surface area contributed by atoms with Gasteiger partial charge in [0.1, 0.15) is 0 Å². The Morgan fingerprint density at radius 3 is 2.95 bits per heavy atom. The molecule has 0 amide bonds. The molecule has 2 N–H and O–H groups in total. The standard InChI is InChI=1S/C15H22N4O/c1-11(2)20-14-7-5-9-17-15(14)16-8-4-6-13-10-18-19-12(13)3/h5,7,9-11H,4,6,8H2,1-3H3,(H,16,17)(H,18,19). The molecule has 2 aromatic rings. The molecule has 0 fully saturated rings. The number of aromatic amines is 1. The van der Waals surface area contributed by atoms with Crippen LogP contribution in [0.1, 0.15) is 31.5 Å². The molecule has 108 valence electrons. The Morgan fingerprint density at radius 2 is 2.25 bits per heavy atom. The number of H-pyrrole nitrogens is 1. The van der Waals surface area contributed by atoms with Gasteiger partial charge < -0.3 is 10.1 Å². The zero-order valence-corrected chi connectivity index (χ0v) is 12.3. The number of pyridine rings is 1. The maximum atomic E-state index is 5.73. The average Bonchev–Trinajstić information content (AvgIpc) is 2.81. The molecule has 5 nitrogen and oxygen atoms in total. The minimum absolute atomic E-state index is 0.147. The Kier molecular flexibility index (Phi) is 4.98. The van der Waals surface area contributed by atoms with Crippen LogP contribution >= 0.6 is 0 Å². The first-order valence-electron chi connectivity index (χ1n) is 7.01. The van der Waals surface area contributed by atoms with E-state index < -0.39 is 0 Å². The van der Waals surface area contributed by atoms with Crippen molar-refractivity contribution in [2.75, 3.05) is 11.9 Å². The molecule has 2 heterocycles. The highest BCUT2D eigenvalue weighted by molar-refractivity contribution is 5.49. The van der Waals surface area contributed by atoms with Gasteiger partial charge in [0.2, 0.25) is 0 Å². The number of aryl methyl sites for hydroxylation is 2. The molecule has 0 bridgehead atoms. The molecule has 5 heteroatoms. The lowest BCUT2D eigenvalue weighted by atomic mass is 10.1. The second kappa shape index (κ2) is 6.93. The normalized spacial score (nSPS) is 10.8. The summed E-state index contributed by atoms with van der Waals surface area (Å²) in [5.74, 6) is 1.62. The molecule has 0 atom stereocenters. The third-order valence-corrected chi connectivity index (χ3v) is 2.98.